The third-order valence-electron chi connectivity index (χ3n) is 2.46. The van der Waals surface area contributed by atoms with Gasteiger partial charge in [0.1, 0.15) is 10.8 Å². The minimum Gasteiger partial charge on any atom is -0.370 e. The minimum atomic E-state index is -0.178. The topological polar surface area (TPSA) is 79.8 Å². The number of hydrogen-bond acceptors (Lipinski definition) is 6. The van der Waals surface area contributed by atoms with Gasteiger partial charge in [-0.2, -0.15) is 0 Å². The molecule has 0 aliphatic rings. The van der Waals surface area contributed by atoms with Gasteiger partial charge in [0.05, 0.1) is 6.20 Å². The second kappa shape index (κ2) is 6.24. The van der Waals surface area contributed by atoms with E-state index >= 15 is 0 Å². The molecule has 0 atom stereocenters. The number of anilines is 2. The Hall–Kier alpha value is -2.02. The number of nitrogens with one attached hydrogen (secondary N) is 2. The molecule has 0 saturated carbocycles. The molecule has 0 fully saturated rings. The maximum absolute atomic E-state index is 12.1. The average molecular weight is 277 g/mol. The molecule has 2 heterocycles. The second-order valence-electron chi connectivity index (χ2n) is 3.85. The summed E-state index contributed by atoms with van der Waals surface area (Å²) in [7, 11) is 0. The van der Waals surface area contributed by atoms with Gasteiger partial charge < -0.3 is 10.6 Å². The van der Waals surface area contributed by atoms with E-state index in [1.165, 1.54) is 6.20 Å². The molecule has 2 aromatic heterocycles. The van der Waals surface area contributed by atoms with Crippen molar-refractivity contribution in [3.8, 4) is 0 Å². The smallest absolute Gasteiger partial charge is 0.256 e. The highest BCUT2D eigenvalue weighted by atomic mass is 32.1. The normalized spacial score (nSPS) is 10.2. The fourth-order valence-electron chi connectivity index (χ4n) is 1.58. The molecule has 6 nitrogen and oxygen atoms in total. The summed E-state index contributed by atoms with van der Waals surface area (Å²) in [5.41, 5.74) is 1.46. The van der Waals surface area contributed by atoms with E-state index in [4.69, 9.17) is 0 Å². The van der Waals surface area contributed by atoms with Crippen LogP contribution in [-0.2, 0) is 6.42 Å². The molecule has 7 heteroatoms. The Labute approximate surface area is 115 Å². The van der Waals surface area contributed by atoms with E-state index in [0.29, 0.717) is 10.6 Å². The van der Waals surface area contributed by atoms with Crippen LogP contribution in [0.25, 0.3) is 0 Å². The summed E-state index contributed by atoms with van der Waals surface area (Å²) in [6, 6.07) is 3.54. The predicted octanol–water partition coefficient (Wildman–Crippen LogP) is 2.18. The lowest BCUT2D eigenvalue weighted by molar-refractivity contribution is 0.102. The molecule has 19 heavy (non-hydrogen) atoms. The molecular weight excluding hydrogens is 262 g/mol. The molecule has 0 radical (unpaired) electrons. The molecule has 2 aromatic rings. The zero-order valence-corrected chi connectivity index (χ0v) is 11.6. The Morgan fingerprint density at radius 1 is 1.37 bits per heavy atom. The van der Waals surface area contributed by atoms with Crippen LogP contribution in [0.4, 0.5) is 10.8 Å². The number of carbonyl (C=O) groups excluding carboxylic acids is 1. The zero-order chi connectivity index (χ0) is 13.7. The van der Waals surface area contributed by atoms with Crippen LogP contribution in [-0.4, -0.2) is 27.0 Å². The van der Waals surface area contributed by atoms with Crippen LogP contribution >= 0.6 is 11.5 Å². The number of pyridine rings is 1. The number of aromatic nitrogens is 3. The fraction of sp³-hybridized carbons (Fsp3) is 0.333. The van der Waals surface area contributed by atoms with Gasteiger partial charge in [0.15, 0.2) is 0 Å². The van der Waals surface area contributed by atoms with Crippen molar-refractivity contribution in [3.05, 3.63) is 29.6 Å². The molecule has 100 valence electrons. The third-order valence-corrected chi connectivity index (χ3v) is 3.04. The monoisotopic (exact) mass is 277 g/mol. The highest BCUT2D eigenvalue weighted by Gasteiger charge is 2.10. The fourth-order valence-corrected chi connectivity index (χ4v) is 1.99. The zero-order valence-electron chi connectivity index (χ0n) is 10.8. The minimum absolute atomic E-state index is 0.178. The summed E-state index contributed by atoms with van der Waals surface area (Å²) in [4.78, 5) is 16.5. The molecule has 2 rings (SSSR count). The number of rotatable bonds is 5. The van der Waals surface area contributed by atoms with E-state index < -0.39 is 0 Å². The Balaban J connectivity index is 2.22. The van der Waals surface area contributed by atoms with Gasteiger partial charge in [0, 0.05) is 29.3 Å². The van der Waals surface area contributed by atoms with E-state index in [0.717, 1.165) is 36.0 Å². The first-order valence-corrected chi connectivity index (χ1v) is 6.83. The third kappa shape index (κ3) is 3.47. The van der Waals surface area contributed by atoms with Gasteiger partial charge in [-0.3, -0.25) is 4.79 Å². The van der Waals surface area contributed by atoms with Crippen LogP contribution in [0.2, 0.25) is 0 Å². The Morgan fingerprint density at radius 3 is 2.84 bits per heavy atom. The number of hydrogen-bond donors (Lipinski definition) is 2. The SMILES string of the molecule is CCNc1cc(C(=O)Nc2cnns2)cc(CC)n1. The Bertz CT molecular complexity index is 555. The first-order valence-electron chi connectivity index (χ1n) is 6.06. The van der Waals surface area contributed by atoms with Crippen LogP contribution in [0, 0.1) is 0 Å². The van der Waals surface area contributed by atoms with E-state index in [9.17, 15) is 4.79 Å². The van der Waals surface area contributed by atoms with Crippen molar-refractivity contribution < 1.29 is 4.79 Å². The maximum Gasteiger partial charge on any atom is 0.256 e. The lowest BCUT2D eigenvalue weighted by Crippen LogP contribution is -2.13. The van der Waals surface area contributed by atoms with Crippen molar-refractivity contribution in [1.29, 1.82) is 0 Å². The van der Waals surface area contributed by atoms with Gasteiger partial charge in [-0.05, 0) is 25.5 Å². The molecule has 2 N–H and O–H groups in total. The summed E-state index contributed by atoms with van der Waals surface area (Å²) in [6.07, 6.45) is 2.30. The van der Waals surface area contributed by atoms with Crippen LogP contribution < -0.4 is 10.6 Å². The molecule has 0 aromatic carbocycles. The van der Waals surface area contributed by atoms with Crippen molar-refractivity contribution in [3.63, 3.8) is 0 Å². The van der Waals surface area contributed by atoms with Crippen LogP contribution in [0.15, 0.2) is 18.3 Å². The lowest BCUT2D eigenvalue weighted by atomic mass is 10.2. The van der Waals surface area contributed by atoms with Gasteiger partial charge in [-0.1, -0.05) is 11.4 Å². The summed E-state index contributed by atoms with van der Waals surface area (Å²) >= 11 is 1.15. The van der Waals surface area contributed by atoms with Crippen LogP contribution in [0.5, 0.6) is 0 Å². The van der Waals surface area contributed by atoms with Gasteiger partial charge in [-0.15, -0.1) is 5.10 Å². The van der Waals surface area contributed by atoms with Gasteiger partial charge >= 0.3 is 0 Å². The number of carbonyl (C=O) groups is 1. The highest BCUT2D eigenvalue weighted by Crippen LogP contribution is 2.15. The standard InChI is InChI=1S/C12H15N5OS/c1-3-9-5-8(6-10(15-9)13-4-2)12(18)16-11-7-14-17-19-11/h5-7H,3-4H2,1-2H3,(H,13,15)(H,16,18). The van der Waals surface area contributed by atoms with Crippen LogP contribution in [0.3, 0.4) is 0 Å². The maximum atomic E-state index is 12.1. The van der Waals surface area contributed by atoms with E-state index in [1.54, 1.807) is 12.1 Å². The summed E-state index contributed by atoms with van der Waals surface area (Å²) < 4.78 is 3.70. The van der Waals surface area contributed by atoms with E-state index in [1.807, 2.05) is 13.8 Å². The second-order valence-corrected chi connectivity index (χ2v) is 4.64. The number of nitrogens with zero attached hydrogens (tertiary/aromatic N) is 3. The average Bonchev–Trinajstić information content (AvgIpc) is 2.91. The molecular formula is C12H15N5OS. The highest BCUT2D eigenvalue weighted by molar-refractivity contribution is 7.10. The number of amides is 1. The van der Waals surface area contributed by atoms with E-state index in [-0.39, 0.29) is 5.91 Å². The van der Waals surface area contributed by atoms with Gasteiger partial charge in [-0.25, -0.2) is 4.98 Å². The van der Waals surface area contributed by atoms with Crippen molar-refractivity contribution >= 4 is 28.3 Å². The summed E-state index contributed by atoms with van der Waals surface area (Å²) in [6.45, 7) is 4.76. The van der Waals surface area contributed by atoms with Crippen molar-refractivity contribution in [2.75, 3.05) is 17.2 Å². The van der Waals surface area contributed by atoms with E-state index in [2.05, 4.69) is 25.2 Å². The van der Waals surface area contributed by atoms with Crippen molar-refractivity contribution in [2.45, 2.75) is 20.3 Å². The molecule has 0 bridgehead atoms. The molecule has 0 aliphatic carbocycles. The Kier molecular flexibility index (Phi) is 4.40. The van der Waals surface area contributed by atoms with Crippen molar-refractivity contribution in [1.82, 2.24) is 14.6 Å². The predicted molar refractivity (Wildman–Crippen MR) is 75.6 cm³/mol. The summed E-state index contributed by atoms with van der Waals surface area (Å²) in [5.74, 6) is 0.539. The van der Waals surface area contributed by atoms with Gasteiger partial charge in [0.25, 0.3) is 5.91 Å². The Morgan fingerprint density at radius 2 is 2.21 bits per heavy atom. The summed E-state index contributed by atoms with van der Waals surface area (Å²) in [5, 5.41) is 10.2. The van der Waals surface area contributed by atoms with Crippen molar-refractivity contribution in [2.24, 2.45) is 0 Å². The number of aryl methyl sites for hydroxylation is 1. The molecule has 0 saturated heterocycles. The molecule has 1 amide bonds. The van der Waals surface area contributed by atoms with Gasteiger partial charge in [0.2, 0.25) is 0 Å². The first kappa shape index (κ1) is 13.4. The van der Waals surface area contributed by atoms with Crippen LogP contribution in [0.1, 0.15) is 29.9 Å². The first-order chi connectivity index (χ1) is 9.22. The lowest BCUT2D eigenvalue weighted by Gasteiger charge is -2.08. The molecule has 0 spiro atoms. The molecule has 0 unspecified atom stereocenters. The molecule has 0 aliphatic heterocycles. The largest absolute Gasteiger partial charge is 0.370 e. The quantitative estimate of drug-likeness (QED) is 0.875.